The van der Waals surface area contributed by atoms with E-state index >= 15 is 0 Å². The lowest BCUT2D eigenvalue weighted by molar-refractivity contribution is 0.0997. The number of nitrogens with zero attached hydrogens (tertiary/aromatic N) is 1. The number of amides is 3. The molecule has 8 nitrogen and oxygen atoms in total. The first-order chi connectivity index (χ1) is 12.4. The van der Waals surface area contributed by atoms with E-state index in [9.17, 15) is 14.7 Å². The molecule has 2 aromatic carbocycles. The van der Waals surface area contributed by atoms with Gasteiger partial charge in [0.1, 0.15) is 17.3 Å². The predicted octanol–water partition coefficient (Wildman–Crippen LogP) is 2.83. The van der Waals surface area contributed by atoms with E-state index in [2.05, 4.69) is 20.6 Å². The number of imidazole rings is 1. The smallest absolute Gasteiger partial charge is 0.324 e. The van der Waals surface area contributed by atoms with E-state index in [4.69, 9.17) is 5.73 Å². The molecule has 1 aromatic heterocycles. The normalized spacial score (nSPS) is 10.3. The summed E-state index contributed by atoms with van der Waals surface area (Å²) in [5, 5.41) is 14.5. The number of aromatic amines is 1. The minimum atomic E-state index is -0.756. The van der Waals surface area contributed by atoms with Crippen LogP contribution >= 0.6 is 0 Å². The fraction of sp³-hybridized carbons (Fsp3) is 0.0556. The summed E-state index contributed by atoms with van der Waals surface area (Å²) < 4.78 is 0. The summed E-state index contributed by atoms with van der Waals surface area (Å²) in [4.78, 5) is 30.8. The standard InChI is InChI=1S/C18H17N5O3/c1-10-2-6-12(7-3-10)20-18(26)23-17-14(15(19)25)21-16(22-17)11-4-8-13(24)9-5-11/h2-9,24H,1H3,(H2,19,25)(H,21,22)(H2,20,23,26). The van der Waals surface area contributed by atoms with Gasteiger partial charge < -0.3 is 21.1 Å². The first-order valence-electron chi connectivity index (χ1n) is 7.76. The molecular formula is C18H17N5O3. The number of hydrogen-bond acceptors (Lipinski definition) is 4. The number of hydrogen-bond donors (Lipinski definition) is 5. The lowest BCUT2D eigenvalue weighted by Gasteiger charge is -2.06. The molecule has 1 heterocycles. The number of phenolic OH excluding ortho intramolecular Hbond substituents is 1. The number of primary amides is 1. The Morgan fingerprint density at radius 1 is 1.04 bits per heavy atom. The Kier molecular flexibility index (Phi) is 4.57. The molecule has 0 radical (unpaired) electrons. The highest BCUT2D eigenvalue weighted by Gasteiger charge is 2.18. The lowest BCUT2D eigenvalue weighted by Crippen LogP contribution is -2.22. The van der Waals surface area contributed by atoms with Gasteiger partial charge in [0.15, 0.2) is 5.82 Å². The van der Waals surface area contributed by atoms with Crippen LogP contribution in [0.15, 0.2) is 48.5 Å². The van der Waals surface area contributed by atoms with Gasteiger partial charge in [-0.3, -0.25) is 10.1 Å². The van der Waals surface area contributed by atoms with E-state index in [1.165, 1.54) is 12.1 Å². The summed E-state index contributed by atoms with van der Waals surface area (Å²) in [6.07, 6.45) is 0. The van der Waals surface area contributed by atoms with Gasteiger partial charge in [-0.15, -0.1) is 0 Å². The predicted molar refractivity (Wildman–Crippen MR) is 98.0 cm³/mol. The van der Waals surface area contributed by atoms with Crippen LogP contribution in [0.25, 0.3) is 11.4 Å². The van der Waals surface area contributed by atoms with Crippen molar-refractivity contribution in [2.24, 2.45) is 5.73 Å². The van der Waals surface area contributed by atoms with E-state index in [0.29, 0.717) is 17.1 Å². The van der Waals surface area contributed by atoms with Gasteiger partial charge in [0.05, 0.1) is 0 Å². The lowest BCUT2D eigenvalue weighted by atomic mass is 10.2. The van der Waals surface area contributed by atoms with Crippen LogP contribution < -0.4 is 16.4 Å². The molecular weight excluding hydrogens is 334 g/mol. The molecule has 0 unspecified atom stereocenters. The molecule has 132 valence electrons. The number of rotatable bonds is 4. The fourth-order valence-electron chi connectivity index (χ4n) is 2.30. The summed E-state index contributed by atoms with van der Waals surface area (Å²) in [6.45, 7) is 1.94. The second-order valence-corrected chi connectivity index (χ2v) is 5.67. The Hall–Kier alpha value is -3.81. The molecule has 0 fully saturated rings. The summed E-state index contributed by atoms with van der Waals surface area (Å²) in [7, 11) is 0. The number of aromatic nitrogens is 2. The summed E-state index contributed by atoms with van der Waals surface area (Å²) in [5.41, 5.74) is 7.62. The zero-order valence-corrected chi connectivity index (χ0v) is 13.9. The van der Waals surface area contributed by atoms with Crippen molar-refractivity contribution in [3.8, 4) is 17.1 Å². The molecule has 0 atom stereocenters. The van der Waals surface area contributed by atoms with Crippen molar-refractivity contribution >= 4 is 23.4 Å². The number of phenols is 1. The second-order valence-electron chi connectivity index (χ2n) is 5.67. The maximum Gasteiger partial charge on any atom is 0.324 e. The largest absolute Gasteiger partial charge is 0.508 e. The zero-order valence-electron chi connectivity index (χ0n) is 13.9. The van der Waals surface area contributed by atoms with E-state index < -0.39 is 11.9 Å². The van der Waals surface area contributed by atoms with Gasteiger partial charge in [-0.1, -0.05) is 17.7 Å². The van der Waals surface area contributed by atoms with Crippen LogP contribution in [-0.4, -0.2) is 27.0 Å². The van der Waals surface area contributed by atoms with Gasteiger partial charge >= 0.3 is 6.03 Å². The number of benzene rings is 2. The average molecular weight is 351 g/mol. The quantitative estimate of drug-likeness (QED) is 0.494. The SMILES string of the molecule is Cc1ccc(NC(=O)Nc2nc(-c3ccc(O)cc3)[nH]c2C(N)=O)cc1. The number of carbonyl (C=O) groups is 2. The first kappa shape index (κ1) is 17.0. The first-order valence-corrected chi connectivity index (χ1v) is 7.76. The number of H-pyrrole nitrogens is 1. The third-order valence-corrected chi connectivity index (χ3v) is 3.63. The molecule has 0 aliphatic rings. The molecule has 0 saturated carbocycles. The van der Waals surface area contributed by atoms with E-state index in [1.807, 2.05) is 19.1 Å². The molecule has 6 N–H and O–H groups in total. The summed E-state index contributed by atoms with van der Waals surface area (Å²) >= 11 is 0. The molecule has 0 aliphatic carbocycles. The maximum absolute atomic E-state index is 12.2. The maximum atomic E-state index is 12.2. The Balaban J connectivity index is 1.82. The van der Waals surface area contributed by atoms with Crippen LogP contribution in [0.3, 0.4) is 0 Å². The summed E-state index contributed by atoms with van der Waals surface area (Å²) in [6, 6.07) is 12.9. The third kappa shape index (κ3) is 3.81. The van der Waals surface area contributed by atoms with Gasteiger partial charge in [-0.2, -0.15) is 0 Å². The van der Waals surface area contributed by atoms with Gasteiger partial charge in [0.2, 0.25) is 0 Å². The third-order valence-electron chi connectivity index (χ3n) is 3.63. The van der Waals surface area contributed by atoms with Gasteiger partial charge in [-0.25, -0.2) is 9.78 Å². The van der Waals surface area contributed by atoms with Crippen molar-refractivity contribution < 1.29 is 14.7 Å². The van der Waals surface area contributed by atoms with Crippen molar-refractivity contribution in [1.82, 2.24) is 9.97 Å². The van der Waals surface area contributed by atoms with Crippen molar-refractivity contribution in [3.63, 3.8) is 0 Å². The van der Waals surface area contributed by atoms with Crippen molar-refractivity contribution in [2.45, 2.75) is 6.92 Å². The van der Waals surface area contributed by atoms with Gasteiger partial charge in [0, 0.05) is 11.3 Å². The molecule has 0 aliphatic heterocycles. The monoisotopic (exact) mass is 351 g/mol. The molecule has 8 heteroatoms. The molecule has 26 heavy (non-hydrogen) atoms. The van der Waals surface area contributed by atoms with E-state index in [0.717, 1.165) is 5.56 Å². The molecule has 0 bridgehead atoms. The number of nitrogens with one attached hydrogen (secondary N) is 3. The number of anilines is 2. The Labute approximate surface area is 149 Å². The molecule has 3 rings (SSSR count). The van der Waals surface area contributed by atoms with Crippen LogP contribution in [0.1, 0.15) is 16.1 Å². The number of nitrogens with two attached hydrogens (primary N) is 1. The highest BCUT2D eigenvalue weighted by molar-refractivity contribution is 6.04. The van der Waals surface area contributed by atoms with Crippen LogP contribution in [0, 0.1) is 6.92 Å². The van der Waals surface area contributed by atoms with E-state index in [-0.39, 0.29) is 17.3 Å². The van der Waals surface area contributed by atoms with Crippen LogP contribution in [0.4, 0.5) is 16.3 Å². The van der Waals surface area contributed by atoms with Crippen LogP contribution in [0.5, 0.6) is 5.75 Å². The Morgan fingerprint density at radius 3 is 2.31 bits per heavy atom. The molecule has 0 saturated heterocycles. The number of aryl methyl sites for hydroxylation is 1. The zero-order chi connectivity index (χ0) is 18.7. The van der Waals surface area contributed by atoms with Crippen LogP contribution in [0.2, 0.25) is 0 Å². The molecule has 0 spiro atoms. The minimum absolute atomic E-state index is 0.0187. The fourth-order valence-corrected chi connectivity index (χ4v) is 2.30. The molecule has 3 amide bonds. The van der Waals surface area contributed by atoms with Gasteiger partial charge in [-0.05, 0) is 43.3 Å². The second kappa shape index (κ2) is 6.98. The Morgan fingerprint density at radius 2 is 1.69 bits per heavy atom. The number of urea groups is 1. The van der Waals surface area contributed by atoms with Crippen LogP contribution in [-0.2, 0) is 0 Å². The Bertz CT molecular complexity index is 946. The summed E-state index contributed by atoms with van der Waals surface area (Å²) in [5.74, 6) is -0.297. The minimum Gasteiger partial charge on any atom is -0.508 e. The highest BCUT2D eigenvalue weighted by Crippen LogP contribution is 2.23. The average Bonchev–Trinajstić information content (AvgIpc) is 3.01. The van der Waals surface area contributed by atoms with Crippen molar-refractivity contribution in [1.29, 1.82) is 0 Å². The van der Waals surface area contributed by atoms with E-state index in [1.54, 1.807) is 24.3 Å². The number of aromatic hydroxyl groups is 1. The van der Waals surface area contributed by atoms with Gasteiger partial charge in [0.25, 0.3) is 5.91 Å². The highest BCUT2D eigenvalue weighted by atomic mass is 16.3. The molecule has 3 aromatic rings. The topological polar surface area (TPSA) is 133 Å². The number of carbonyl (C=O) groups excluding carboxylic acids is 2. The van der Waals surface area contributed by atoms with Crippen molar-refractivity contribution in [3.05, 3.63) is 59.8 Å². The van der Waals surface area contributed by atoms with Crippen molar-refractivity contribution in [2.75, 3.05) is 10.6 Å².